The van der Waals surface area contributed by atoms with Gasteiger partial charge in [0.1, 0.15) is 0 Å². The maximum absolute atomic E-state index is 12.3. The molecule has 0 aromatic carbocycles. The molecule has 1 saturated carbocycles. The van der Waals surface area contributed by atoms with Crippen LogP contribution in [0.15, 0.2) is 0 Å². The molecule has 0 bridgehead atoms. The van der Waals surface area contributed by atoms with Gasteiger partial charge in [-0.3, -0.25) is 4.79 Å². The van der Waals surface area contributed by atoms with Gasteiger partial charge in [-0.05, 0) is 38.6 Å². The quantitative estimate of drug-likeness (QED) is 0.779. The number of piperidine rings is 1. The van der Waals surface area contributed by atoms with Crippen molar-refractivity contribution in [1.29, 1.82) is 0 Å². The molecular formula is C16H30N2O2. The minimum Gasteiger partial charge on any atom is -0.376 e. The highest BCUT2D eigenvalue weighted by Crippen LogP contribution is 2.20. The monoisotopic (exact) mass is 282 g/mol. The van der Waals surface area contributed by atoms with Gasteiger partial charge < -0.3 is 15.0 Å². The van der Waals surface area contributed by atoms with Crippen LogP contribution in [0.3, 0.4) is 0 Å². The number of likely N-dealkylation sites (tertiary alicyclic amines) is 1. The molecule has 0 radical (unpaired) electrons. The second-order valence-corrected chi connectivity index (χ2v) is 6.11. The fraction of sp³-hybridized carbons (Fsp3) is 0.938. The number of carbonyl (C=O) groups excluding carboxylic acids is 1. The number of nitrogens with one attached hydrogen (secondary N) is 1. The van der Waals surface area contributed by atoms with Crippen LogP contribution in [0.5, 0.6) is 0 Å². The largest absolute Gasteiger partial charge is 0.376 e. The van der Waals surface area contributed by atoms with E-state index in [0.717, 1.165) is 38.9 Å². The third kappa shape index (κ3) is 4.74. The number of carbonyl (C=O) groups is 1. The van der Waals surface area contributed by atoms with E-state index in [1.807, 2.05) is 4.90 Å². The Kier molecular flexibility index (Phi) is 6.80. The van der Waals surface area contributed by atoms with Crippen LogP contribution in [-0.2, 0) is 9.53 Å². The molecule has 0 aromatic heterocycles. The number of nitrogens with zero attached hydrogens (tertiary/aromatic N) is 1. The van der Waals surface area contributed by atoms with Crippen molar-refractivity contribution >= 4 is 5.91 Å². The summed E-state index contributed by atoms with van der Waals surface area (Å²) >= 11 is 0. The average Bonchev–Trinajstić information content (AvgIpc) is 2.49. The molecule has 1 amide bonds. The Bertz CT molecular complexity index is 290. The van der Waals surface area contributed by atoms with Crippen LogP contribution in [0.1, 0.15) is 58.3 Å². The summed E-state index contributed by atoms with van der Waals surface area (Å²) in [5.41, 5.74) is 0. The molecule has 1 heterocycles. The Morgan fingerprint density at radius 2 is 2.00 bits per heavy atom. The normalized spacial score (nSPS) is 25.1. The predicted molar refractivity (Wildman–Crippen MR) is 80.7 cm³/mol. The Hall–Kier alpha value is -0.610. The van der Waals surface area contributed by atoms with Crippen molar-refractivity contribution in [2.24, 2.45) is 0 Å². The fourth-order valence-electron chi connectivity index (χ4n) is 3.23. The highest BCUT2D eigenvalue weighted by molar-refractivity contribution is 5.82. The third-order valence-electron chi connectivity index (χ3n) is 4.44. The zero-order chi connectivity index (χ0) is 14.2. The van der Waals surface area contributed by atoms with E-state index in [4.69, 9.17) is 4.74 Å². The van der Waals surface area contributed by atoms with Crippen molar-refractivity contribution in [3.8, 4) is 0 Å². The second-order valence-electron chi connectivity index (χ2n) is 6.11. The van der Waals surface area contributed by atoms with Gasteiger partial charge in [-0.2, -0.15) is 0 Å². The number of amides is 1. The molecule has 2 fully saturated rings. The molecule has 0 spiro atoms. The molecule has 4 nitrogen and oxygen atoms in total. The van der Waals surface area contributed by atoms with E-state index in [0.29, 0.717) is 12.7 Å². The Morgan fingerprint density at radius 1 is 1.20 bits per heavy atom. The molecule has 4 heteroatoms. The van der Waals surface area contributed by atoms with Crippen molar-refractivity contribution in [2.75, 3.05) is 26.2 Å². The van der Waals surface area contributed by atoms with Crippen LogP contribution in [0, 0.1) is 0 Å². The summed E-state index contributed by atoms with van der Waals surface area (Å²) in [6, 6.07) is 0.0402. The minimum atomic E-state index is 0.0402. The van der Waals surface area contributed by atoms with Gasteiger partial charge in [-0.15, -0.1) is 0 Å². The maximum atomic E-state index is 12.3. The van der Waals surface area contributed by atoms with E-state index in [-0.39, 0.29) is 11.9 Å². The molecule has 1 aliphatic carbocycles. The molecule has 2 aliphatic rings. The lowest BCUT2D eigenvalue weighted by Crippen LogP contribution is -2.51. The van der Waals surface area contributed by atoms with Gasteiger partial charge in [0, 0.05) is 13.1 Å². The van der Waals surface area contributed by atoms with Crippen LogP contribution in [0.4, 0.5) is 0 Å². The van der Waals surface area contributed by atoms with Gasteiger partial charge in [0.25, 0.3) is 0 Å². The summed E-state index contributed by atoms with van der Waals surface area (Å²) in [6.07, 6.45) is 9.98. The first kappa shape index (κ1) is 15.8. The zero-order valence-electron chi connectivity index (χ0n) is 12.9. The topological polar surface area (TPSA) is 41.6 Å². The van der Waals surface area contributed by atoms with E-state index in [9.17, 15) is 4.79 Å². The first-order chi connectivity index (χ1) is 9.81. The second kappa shape index (κ2) is 8.63. The van der Waals surface area contributed by atoms with E-state index in [2.05, 4.69) is 12.2 Å². The molecule has 116 valence electrons. The number of rotatable bonds is 7. The summed E-state index contributed by atoms with van der Waals surface area (Å²) in [4.78, 5) is 14.3. The van der Waals surface area contributed by atoms with Crippen LogP contribution < -0.4 is 5.32 Å². The molecule has 20 heavy (non-hydrogen) atoms. The van der Waals surface area contributed by atoms with Crippen molar-refractivity contribution in [2.45, 2.75) is 70.4 Å². The minimum absolute atomic E-state index is 0.0402. The Labute approximate surface area is 123 Å². The summed E-state index contributed by atoms with van der Waals surface area (Å²) in [5, 5.41) is 3.36. The first-order valence-corrected chi connectivity index (χ1v) is 8.45. The number of hydrogen-bond donors (Lipinski definition) is 1. The Morgan fingerprint density at radius 3 is 2.75 bits per heavy atom. The van der Waals surface area contributed by atoms with Gasteiger partial charge in [-0.25, -0.2) is 0 Å². The lowest BCUT2D eigenvalue weighted by Gasteiger charge is -2.33. The number of ether oxygens (including phenoxy) is 1. The standard InChI is InChI=1S/C16H30N2O2/c1-2-10-17-15-9-6-11-18(16(15)19)12-13-20-14-7-4-3-5-8-14/h14-15,17H,2-13H2,1H3. The average molecular weight is 282 g/mol. The van der Waals surface area contributed by atoms with Crippen molar-refractivity contribution in [3.05, 3.63) is 0 Å². The van der Waals surface area contributed by atoms with Gasteiger partial charge >= 0.3 is 0 Å². The first-order valence-electron chi connectivity index (χ1n) is 8.45. The third-order valence-corrected chi connectivity index (χ3v) is 4.44. The summed E-state index contributed by atoms with van der Waals surface area (Å²) in [5.74, 6) is 0.275. The summed E-state index contributed by atoms with van der Waals surface area (Å²) in [7, 11) is 0. The van der Waals surface area contributed by atoms with Crippen LogP contribution in [-0.4, -0.2) is 49.2 Å². The highest BCUT2D eigenvalue weighted by Gasteiger charge is 2.27. The van der Waals surface area contributed by atoms with E-state index < -0.39 is 0 Å². The number of hydrogen-bond acceptors (Lipinski definition) is 3. The summed E-state index contributed by atoms with van der Waals surface area (Å²) in [6.45, 7) is 5.44. The van der Waals surface area contributed by atoms with Gasteiger partial charge in [0.2, 0.25) is 5.91 Å². The molecule has 1 unspecified atom stereocenters. The molecule has 1 N–H and O–H groups in total. The molecule has 0 aromatic rings. The fourth-order valence-corrected chi connectivity index (χ4v) is 3.23. The van der Waals surface area contributed by atoms with Crippen molar-refractivity contribution in [3.63, 3.8) is 0 Å². The van der Waals surface area contributed by atoms with Crippen LogP contribution in [0.25, 0.3) is 0 Å². The SMILES string of the molecule is CCCNC1CCCN(CCOC2CCCCC2)C1=O. The molecular weight excluding hydrogens is 252 g/mol. The molecule has 1 saturated heterocycles. The lowest BCUT2D eigenvalue weighted by molar-refractivity contribution is -0.137. The predicted octanol–water partition coefficient (Wildman–Crippen LogP) is 2.33. The molecule has 1 atom stereocenters. The smallest absolute Gasteiger partial charge is 0.239 e. The lowest BCUT2D eigenvalue weighted by atomic mass is 9.98. The van der Waals surface area contributed by atoms with E-state index in [1.165, 1.54) is 32.1 Å². The van der Waals surface area contributed by atoms with Crippen molar-refractivity contribution < 1.29 is 9.53 Å². The van der Waals surface area contributed by atoms with Crippen molar-refractivity contribution in [1.82, 2.24) is 10.2 Å². The van der Waals surface area contributed by atoms with Gasteiger partial charge in [0.05, 0.1) is 18.8 Å². The van der Waals surface area contributed by atoms with Crippen LogP contribution >= 0.6 is 0 Å². The molecule has 2 rings (SSSR count). The van der Waals surface area contributed by atoms with Gasteiger partial charge in [0.15, 0.2) is 0 Å². The maximum Gasteiger partial charge on any atom is 0.239 e. The summed E-state index contributed by atoms with van der Waals surface area (Å²) < 4.78 is 5.94. The highest BCUT2D eigenvalue weighted by atomic mass is 16.5. The van der Waals surface area contributed by atoms with Gasteiger partial charge in [-0.1, -0.05) is 26.2 Å². The zero-order valence-corrected chi connectivity index (χ0v) is 12.9. The Balaban J connectivity index is 1.67. The van der Waals surface area contributed by atoms with E-state index >= 15 is 0 Å². The van der Waals surface area contributed by atoms with Crippen LogP contribution in [0.2, 0.25) is 0 Å². The molecule has 1 aliphatic heterocycles. The van der Waals surface area contributed by atoms with E-state index in [1.54, 1.807) is 0 Å².